The van der Waals surface area contributed by atoms with Crippen LogP contribution in [0.5, 0.6) is 0 Å². The highest BCUT2D eigenvalue weighted by Gasteiger charge is 2.33. The molecular formula is C36H49FN8O3. The van der Waals surface area contributed by atoms with E-state index < -0.39 is 11.8 Å². The Morgan fingerprint density at radius 1 is 1.04 bits per heavy atom. The van der Waals surface area contributed by atoms with E-state index in [1.807, 2.05) is 54.7 Å². The summed E-state index contributed by atoms with van der Waals surface area (Å²) in [5, 5.41) is 10.2. The van der Waals surface area contributed by atoms with Gasteiger partial charge in [0, 0.05) is 81.8 Å². The number of hydrogen-bond donors (Lipinski definition) is 2. The molecule has 1 saturated heterocycles. The first-order valence-electron chi connectivity index (χ1n) is 16.8. The Morgan fingerprint density at radius 2 is 1.73 bits per heavy atom. The lowest BCUT2D eigenvalue weighted by atomic mass is 9.94. The number of aromatic nitrogens is 2. The third-order valence-electron chi connectivity index (χ3n) is 9.39. The zero-order valence-electron chi connectivity index (χ0n) is 29.2. The SMILES string of the molecule is CC(C)n1nc(C(=O)NCc2ccc(NC(=O)N(C)C)c(F)c2)c2c1[C@@H](C)CN(c1ccc(C(=O)N(C)CC3CCN(C)CC3)cc1)C2. The van der Waals surface area contributed by atoms with E-state index in [0.717, 1.165) is 56.0 Å². The largest absolute Gasteiger partial charge is 0.366 e. The Morgan fingerprint density at radius 3 is 2.35 bits per heavy atom. The first-order valence-corrected chi connectivity index (χ1v) is 16.8. The molecule has 0 aliphatic carbocycles. The second-order valence-corrected chi connectivity index (χ2v) is 13.8. The molecule has 0 saturated carbocycles. The molecule has 2 aliphatic rings. The number of rotatable bonds is 9. The van der Waals surface area contributed by atoms with Crippen LogP contribution in [0, 0.1) is 11.7 Å². The molecule has 258 valence electrons. The summed E-state index contributed by atoms with van der Waals surface area (Å²) in [4.78, 5) is 46.5. The van der Waals surface area contributed by atoms with Crippen LogP contribution in [0.1, 0.15) is 83.2 Å². The van der Waals surface area contributed by atoms with Gasteiger partial charge in [-0.2, -0.15) is 5.10 Å². The quantitative estimate of drug-likeness (QED) is 0.329. The molecule has 5 rings (SSSR count). The van der Waals surface area contributed by atoms with E-state index in [1.165, 1.54) is 17.0 Å². The Balaban J connectivity index is 1.28. The number of anilines is 2. The summed E-state index contributed by atoms with van der Waals surface area (Å²) in [5.41, 5.74) is 4.53. The predicted molar refractivity (Wildman–Crippen MR) is 186 cm³/mol. The van der Waals surface area contributed by atoms with Crippen molar-refractivity contribution in [3.05, 3.63) is 76.4 Å². The number of fused-ring (bicyclic) bond motifs is 1. The topological polar surface area (TPSA) is 106 Å². The summed E-state index contributed by atoms with van der Waals surface area (Å²) in [6.07, 6.45) is 2.22. The van der Waals surface area contributed by atoms with Gasteiger partial charge in [-0.15, -0.1) is 0 Å². The van der Waals surface area contributed by atoms with Gasteiger partial charge >= 0.3 is 6.03 Å². The van der Waals surface area contributed by atoms with Gasteiger partial charge in [-0.05, 0) is 94.7 Å². The number of nitrogens with one attached hydrogen (secondary N) is 2. The summed E-state index contributed by atoms with van der Waals surface area (Å²) in [6.45, 7) is 10.5. The van der Waals surface area contributed by atoms with Crippen LogP contribution in [0.15, 0.2) is 42.5 Å². The van der Waals surface area contributed by atoms with E-state index in [-0.39, 0.29) is 36.0 Å². The zero-order chi connectivity index (χ0) is 34.7. The van der Waals surface area contributed by atoms with Crippen LogP contribution in [0.2, 0.25) is 0 Å². The lowest BCUT2D eigenvalue weighted by molar-refractivity contribution is 0.0747. The molecule has 0 spiro atoms. The van der Waals surface area contributed by atoms with Gasteiger partial charge in [0.1, 0.15) is 5.82 Å². The van der Waals surface area contributed by atoms with Crippen molar-refractivity contribution in [2.45, 2.75) is 58.7 Å². The first-order chi connectivity index (χ1) is 22.8. The minimum absolute atomic E-state index is 0.0276. The second-order valence-electron chi connectivity index (χ2n) is 13.8. The Bertz CT molecular complexity index is 1630. The van der Waals surface area contributed by atoms with Gasteiger partial charge in [0.05, 0.1) is 5.69 Å². The van der Waals surface area contributed by atoms with Gasteiger partial charge in [0.25, 0.3) is 11.8 Å². The van der Waals surface area contributed by atoms with Crippen LogP contribution in [-0.4, -0.2) is 96.7 Å². The minimum Gasteiger partial charge on any atom is -0.366 e. The molecule has 2 aliphatic heterocycles. The molecule has 1 fully saturated rings. The highest BCUT2D eigenvalue weighted by Crippen LogP contribution is 2.35. The maximum atomic E-state index is 14.7. The normalized spacial score (nSPS) is 16.9. The highest BCUT2D eigenvalue weighted by molar-refractivity contribution is 5.95. The number of carbonyl (C=O) groups is 3. The van der Waals surface area contributed by atoms with Crippen LogP contribution in [0.3, 0.4) is 0 Å². The fourth-order valence-electron chi connectivity index (χ4n) is 6.62. The Kier molecular flexibility index (Phi) is 10.7. The molecule has 11 nitrogen and oxygen atoms in total. The standard InChI is InChI=1S/C36H49FN8O3/c1-23(2)45-33-24(3)20-44(28-11-9-27(10-12-28)35(47)43(7)21-25-14-16-42(6)17-15-25)22-29(33)32(40-45)34(46)38-19-26-8-13-31(30(37)18-26)39-36(48)41(4)5/h8-13,18,23-25H,14-17,19-22H2,1-7H3,(H,38,46)(H,39,48)/t24-/m0/s1. The Labute approximate surface area is 283 Å². The monoisotopic (exact) mass is 660 g/mol. The van der Waals surface area contributed by atoms with Gasteiger partial charge in [-0.25, -0.2) is 9.18 Å². The lowest BCUT2D eigenvalue weighted by Gasteiger charge is -2.34. The number of urea groups is 1. The third-order valence-corrected chi connectivity index (χ3v) is 9.39. The van der Waals surface area contributed by atoms with Crippen LogP contribution in [-0.2, 0) is 13.1 Å². The number of hydrogen-bond acceptors (Lipinski definition) is 6. The molecule has 1 aromatic heterocycles. The van der Waals surface area contributed by atoms with Crippen molar-refractivity contribution in [3.8, 4) is 0 Å². The number of carbonyl (C=O) groups excluding carboxylic acids is 3. The number of likely N-dealkylation sites (tertiary alicyclic amines) is 1. The number of amides is 4. The average molecular weight is 661 g/mol. The number of benzene rings is 2. The van der Waals surface area contributed by atoms with E-state index in [0.29, 0.717) is 29.3 Å². The predicted octanol–water partition coefficient (Wildman–Crippen LogP) is 5.16. The van der Waals surface area contributed by atoms with Gasteiger partial charge in [0.2, 0.25) is 0 Å². The molecule has 3 aromatic rings. The first kappa shape index (κ1) is 34.9. The van der Waals surface area contributed by atoms with Crippen LogP contribution in [0.4, 0.5) is 20.6 Å². The Hall–Kier alpha value is -4.45. The van der Waals surface area contributed by atoms with Crippen molar-refractivity contribution < 1.29 is 18.8 Å². The number of piperidine rings is 1. The molecule has 1 atom stereocenters. The molecule has 2 N–H and O–H groups in total. The number of halogens is 1. The molecule has 48 heavy (non-hydrogen) atoms. The van der Waals surface area contributed by atoms with E-state index in [1.54, 1.807) is 20.2 Å². The maximum Gasteiger partial charge on any atom is 0.321 e. The van der Waals surface area contributed by atoms with Crippen LogP contribution >= 0.6 is 0 Å². The molecule has 2 aromatic carbocycles. The molecule has 12 heteroatoms. The number of nitrogens with zero attached hydrogens (tertiary/aromatic N) is 6. The van der Waals surface area contributed by atoms with Gasteiger partial charge in [-0.3, -0.25) is 14.3 Å². The summed E-state index contributed by atoms with van der Waals surface area (Å²) >= 11 is 0. The van der Waals surface area contributed by atoms with Crippen LogP contribution < -0.4 is 15.5 Å². The summed E-state index contributed by atoms with van der Waals surface area (Å²) in [7, 11) is 7.18. The van der Waals surface area contributed by atoms with Crippen molar-refractivity contribution in [1.29, 1.82) is 0 Å². The van der Waals surface area contributed by atoms with E-state index >= 15 is 0 Å². The molecule has 4 amide bonds. The third kappa shape index (κ3) is 7.81. The van der Waals surface area contributed by atoms with Crippen LogP contribution in [0.25, 0.3) is 0 Å². The lowest BCUT2D eigenvalue weighted by Crippen LogP contribution is -2.38. The minimum atomic E-state index is -0.584. The van der Waals surface area contributed by atoms with Gasteiger partial charge < -0.3 is 30.2 Å². The molecule has 0 radical (unpaired) electrons. The highest BCUT2D eigenvalue weighted by atomic mass is 19.1. The van der Waals surface area contributed by atoms with Crippen molar-refractivity contribution in [2.24, 2.45) is 5.92 Å². The summed E-state index contributed by atoms with van der Waals surface area (Å²) in [5.74, 6) is -0.259. The van der Waals surface area contributed by atoms with E-state index in [2.05, 4.69) is 34.4 Å². The van der Waals surface area contributed by atoms with E-state index in [4.69, 9.17) is 5.10 Å². The molecule has 0 unspecified atom stereocenters. The molecule has 3 heterocycles. The zero-order valence-corrected chi connectivity index (χ0v) is 29.2. The second kappa shape index (κ2) is 14.8. The fraction of sp³-hybridized carbons (Fsp3) is 0.500. The molecular weight excluding hydrogens is 611 g/mol. The summed E-state index contributed by atoms with van der Waals surface area (Å²) < 4.78 is 16.7. The van der Waals surface area contributed by atoms with Gasteiger partial charge in [-0.1, -0.05) is 13.0 Å². The van der Waals surface area contributed by atoms with Crippen molar-refractivity contribution in [1.82, 2.24) is 29.8 Å². The van der Waals surface area contributed by atoms with E-state index in [9.17, 15) is 18.8 Å². The maximum absolute atomic E-state index is 14.7. The smallest absolute Gasteiger partial charge is 0.321 e. The van der Waals surface area contributed by atoms with Gasteiger partial charge in [0.15, 0.2) is 5.69 Å². The van der Waals surface area contributed by atoms with Crippen molar-refractivity contribution >= 4 is 29.2 Å². The van der Waals surface area contributed by atoms with Crippen molar-refractivity contribution in [2.75, 3.05) is 64.6 Å². The molecule has 0 bridgehead atoms. The van der Waals surface area contributed by atoms with Crippen molar-refractivity contribution in [3.63, 3.8) is 0 Å². The fourth-order valence-corrected chi connectivity index (χ4v) is 6.62. The average Bonchev–Trinajstić information content (AvgIpc) is 3.46. The summed E-state index contributed by atoms with van der Waals surface area (Å²) in [6, 6.07) is 11.8.